The van der Waals surface area contributed by atoms with Gasteiger partial charge >= 0.3 is 0 Å². The Bertz CT molecular complexity index is 1520. The Hall–Kier alpha value is -3.49. The largest absolute Gasteiger partial charge is 0.479 e. The first-order valence-electron chi connectivity index (χ1n) is 12.0. The molecule has 2 amide bonds. The number of nitrogens with zero attached hydrogens (tertiary/aromatic N) is 1. The molecule has 0 spiro atoms. The Morgan fingerprint density at radius 3 is 2.38 bits per heavy atom. The summed E-state index contributed by atoms with van der Waals surface area (Å²) in [6.45, 7) is 1.55. The second kappa shape index (κ2) is 13.7. The van der Waals surface area contributed by atoms with Crippen LogP contribution < -0.4 is 15.5 Å². The molecule has 0 aliphatic rings. The zero-order chi connectivity index (χ0) is 28.6. The fourth-order valence-electron chi connectivity index (χ4n) is 3.65. The lowest BCUT2D eigenvalue weighted by Gasteiger charge is -2.21. The molecule has 4 rings (SSSR count). The number of rotatable bonds is 10. The molecule has 3 aromatic carbocycles. The molecule has 7 nitrogen and oxygen atoms in total. The fraction of sp³-hybridized carbons (Fsp3) is 0.138. The lowest BCUT2D eigenvalue weighted by molar-refractivity contribution is -0.132. The molecule has 206 valence electrons. The van der Waals surface area contributed by atoms with Crippen LogP contribution in [0.3, 0.4) is 0 Å². The number of hydrazone groups is 1. The average molecular weight is 619 g/mol. The van der Waals surface area contributed by atoms with Crippen molar-refractivity contribution in [1.82, 2.24) is 10.7 Å². The van der Waals surface area contributed by atoms with E-state index in [0.29, 0.717) is 37.9 Å². The Morgan fingerprint density at radius 2 is 1.62 bits per heavy atom. The van der Waals surface area contributed by atoms with Crippen molar-refractivity contribution in [2.75, 3.05) is 0 Å². The highest BCUT2D eigenvalue weighted by Crippen LogP contribution is 2.31. The van der Waals surface area contributed by atoms with Crippen molar-refractivity contribution in [3.63, 3.8) is 0 Å². The molecule has 1 heterocycles. The normalized spacial score (nSPS) is 12.6. The third kappa shape index (κ3) is 8.02. The summed E-state index contributed by atoms with van der Waals surface area (Å²) in [6.07, 6.45) is 0.615. The highest BCUT2D eigenvalue weighted by Gasteiger charge is 2.25. The molecule has 0 saturated carbocycles. The first-order valence-corrected chi connectivity index (χ1v) is 13.5. The van der Waals surface area contributed by atoms with E-state index in [1.54, 1.807) is 49.4 Å². The van der Waals surface area contributed by atoms with Gasteiger partial charge in [-0.05, 0) is 61.0 Å². The van der Waals surface area contributed by atoms with E-state index in [0.717, 1.165) is 5.56 Å². The summed E-state index contributed by atoms with van der Waals surface area (Å²) in [7, 11) is 0. The molecule has 2 N–H and O–H groups in total. The second-order valence-electron chi connectivity index (χ2n) is 8.65. The van der Waals surface area contributed by atoms with Gasteiger partial charge in [-0.3, -0.25) is 9.59 Å². The van der Waals surface area contributed by atoms with Gasteiger partial charge in [0, 0.05) is 22.0 Å². The molecule has 4 aromatic rings. The van der Waals surface area contributed by atoms with Crippen molar-refractivity contribution in [3.8, 4) is 17.1 Å². The average Bonchev–Trinajstić information content (AvgIpc) is 3.40. The van der Waals surface area contributed by atoms with Gasteiger partial charge in [-0.25, -0.2) is 5.43 Å². The van der Waals surface area contributed by atoms with E-state index in [1.165, 1.54) is 12.3 Å². The number of furan rings is 1. The molecule has 0 unspecified atom stereocenters. The van der Waals surface area contributed by atoms with Crippen LogP contribution in [0.25, 0.3) is 11.3 Å². The Kier molecular flexibility index (Phi) is 10.1. The molecule has 40 heavy (non-hydrogen) atoms. The van der Waals surface area contributed by atoms with E-state index in [2.05, 4.69) is 15.8 Å². The van der Waals surface area contributed by atoms with Crippen LogP contribution in [-0.2, 0) is 16.0 Å². The molecule has 2 atom stereocenters. The number of carbonyl (C=O) groups excluding carboxylic acids is 2. The van der Waals surface area contributed by atoms with Crippen molar-refractivity contribution in [2.24, 2.45) is 5.10 Å². The summed E-state index contributed by atoms with van der Waals surface area (Å²) in [4.78, 5) is 26.0. The third-order valence-electron chi connectivity index (χ3n) is 5.67. The van der Waals surface area contributed by atoms with Crippen LogP contribution in [0.5, 0.6) is 5.75 Å². The molecule has 0 bridgehead atoms. The smallest absolute Gasteiger partial charge is 0.262 e. The number of ether oxygens (including phenoxy) is 1. The summed E-state index contributed by atoms with van der Waals surface area (Å²) < 4.78 is 11.5. The predicted molar refractivity (Wildman–Crippen MR) is 159 cm³/mol. The van der Waals surface area contributed by atoms with E-state index >= 15 is 0 Å². The lowest BCUT2D eigenvalue weighted by atomic mass is 10.1. The third-order valence-corrected chi connectivity index (χ3v) is 6.76. The van der Waals surface area contributed by atoms with Gasteiger partial charge in [0.2, 0.25) is 0 Å². The number of carbonyl (C=O) groups is 2. The van der Waals surface area contributed by atoms with Crippen LogP contribution in [0.1, 0.15) is 18.2 Å². The number of halogens is 4. The van der Waals surface area contributed by atoms with E-state index in [1.807, 2.05) is 30.3 Å². The minimum atomic E-state index is -0.951. The molecule has 0 fully saturated rings. The zero-order valence-corrected chi connectivity index (χ0v) is 24.1. The number of benzene rings is 3. The second-order valence-corrected chi connectivity index (χ2v) is 10.3. The number of amides is 2. The fourth-order valence-corrected chi connectivity index (χ4v) is 4.49. The maximum absolute atomic E-state index is 13.1. The van der Waals surface area contributed by atoms with Crippen molar-refractivity contribution in [2.45, 2.75) is 25.5 Å². The summed E-state index contributed by atoms with van der Waals surface area (Å²) in [5, 5.41) is 8.43. The maximum atomic E-state index is 13.1. The molecular weight excluding hydrogens is 596 g/mol. The van der Waals surface area contributed by atoms with Gasteiger partial charge in [0.05, 0.1) is 16.3 Å². The first-order chi connectivity index (χ1) is 19.2. The summed E-state index contributed by atoms with van der Waals surface area (Å²) in [6, 6.07) is 21.4. The maximum Gasteiger partial charge on any atom is 0.262 e. The van der Waals surface area contributed by atoms with E-state index in [9.17, 15) is 9.59 Å². The van der Waals surface area contributed by atoms with Crippen LogP contribution in [-0.4, -0.2) is 30.2 Å². The molecule has 0 radical (unpaired) electrons. The number of hydrogen-bond donors (Lipinski definition) is 2. The number of nitrogens with one attached hydrogen (secondary N) is 2. The van der Waals surface area contributed by atoms with E-state index < -0.39 is 24.0 Å². The van der Waals surface area contributed by atoms with Crippen molar-refractivity contribution in [3.05, 3.63) is 110 Å². The minimum Gasteiger partial charge on any atom is -0.479 e. The molecule has 11 heteroatoms. The molecular formula is C29H23Cl4N3O4. The molecule has 0 aliphatic heterocycles. The van der Waals surface area contributed by atoms with Gasteiger partial charge in [-0.2, -0.15) is 5.10 Å². The van der Waals surface area contributed by atoms with Crippen LogP contribution in [0.2, 0.25) is 20.1 Å². The lowest BCUT2D eigenvalue weighted by Crippen LogP contribution is -2.50. The zero-order valence-electron chi connectivity index (χ0n) is 21.0. The predicted octanol–water partition coefficient (Wildman–Crippen LogP) is 7.21. The highest BCUT2D eigenvalue weighted by atomic mass is 35.5. The molecule has 0 saturated heterocycles. The summed E-state index contributed by atoms with van der Waals surface area (Å²) in [5.41, 5.74) is 3.93. The van der Waals surface area contributed by atoms with E-state index in [-0.39, 0.29) is 11.4 Å². The van der Waals surface area contributed by atoms with E-state index in [4.69, 9.17) is 55.6 Å². The molecule has 0 aliphatic carbocycles. The topological polar surface area (TPSA) is 92.9 Å². The van der Waals surface area contributed by atoms with Crippen LogP contribution in [0.15, 0.2) is 88.4 Å². The van der Waals surface area contributed by atoms with Crippen LogP contribution >= 0.6 is 46.4 Å². The van der Waals surface area contributed by atoms with Crippen molar-refractivity contribution >= 4 is 64.4 Å². The number of hydrogen-bond acceptors (Lipinski definition) is 5. The van der Waals surface area contributed by atoms with Gasteiger partial charge in [-0.15, -0.1) is 0 Å². The SMILES string of the molecule is C[C@H](Oc1ccc(Cl)cc1Cl)C(=O)N[C@@H](Cc1ccccc1)C(=O)N/N=C\c1ccc(-c2cc(Cl)ccc2Cl)o1. The van der Waals surface area contributed by atoms with Crippen LogP contribution in [0.4, 0.5) is 0 Å². The van der Waals surface area contributed by atoms with Gasteiger partial charge in [-0.1, -0.05) is 76.7 Å². The first kappa shape index (κ1) is 29.5. The Balaban J connectivity index is 1.43. The van der Waals surface area contributed by atoms with Gasteiger partial charge in [0.1, 0.15) is 23.3 Å². The van der Waals surface area contributed by atoms with Crippen LogP contribution in [0, 0.1) is 0 Å². The standard InChI is InChI=1S/C29H23Cl4N3O4/c1-17(39-27-11-8-20(31)15-24(27)33)28(37)35-25(13-18-5-3-2-4-6-18)29(38)36-34-16-21-9-12-26(40-21)22-14-19(30)7-10-23(22)32/h2-12,14-17,25H,13H2,1H3,(H,35,37)(H,36,38)/b34-16-/t17-,25-/m0/s1. The van der Waals surface area contributed by atoms with Gasteiger partial charge < -0.3 is 14.5 Å². The molecule has 1 aromatic heterocycles. The minimum absolute atomic E-state index is 0.223. The van der Waals surface area contributed by atoms with Crippen molar-refractivity contribution < 1.29 is 18.7 Å². The Morgan fingerprint density at radius 1 is 0.900 bits per heavy atom. The highest BCUT2D eigenvalue weighted by molar-refractivity contribution is 6.36. The monoisotopic (exact) mass is 617 g/mol. The van der Waals surface area contributed by atoms with Gasteiger partial charge in [0.15, 0.2) is 6.10 Å². The quantitative estimate of drug-likeness (QED) is 0.145. The van der Waals surface area contributed by atoms with Gasteiger partial charge in [0.25, 0.3) is 11.8 Å². The summed E-state index contributed by atoms with van der Waals surface area (Å²) >= 11 is 24.4. The Labute approximate surface area is 251 Å². The van der Waals surface area contributed by atoms with Crippen molar-refractivity contribution in [1.29, 1.82) is 0 Å². The summed E-state index contributed by atoms with van der Waals surface area (Å²) in [5.74, 6) is 0.107.